The van der Waals surface area contributed by atoms with E-state index in [0.29, 0.717) is 37.1 Å². The first-order valence-electron chi connectivity index (χ1n) is 8.82. The molecule has 7 heteroatoms. The zero-order valence-corrected chi connectivity index (χ0v) is 14.8. The lowest BCUT2D eigenvalue weighted by Gasteiger charge is -2.20. The van der Waals surface area contributed by atoms with Gasteiger partial charge in [-0.25, -0.2) is 14.2 Å². The Labute approximate surface area is 148 Å². The highest BCUT2D eigenvalue weighted by Crippen LogP contribution is 2.32. The molecule has 138 valence electrons. The number of carbonyl (C=O) groups is 1. The topological polar surface area (TPSA) is 74.8 Å². The molecule has 1 saturated carbocycles. The number of ether oxygens (including phenoxy) is 1. The number of hydrogen-bond acceptors (Lipinski definition) is 3. The molecule has 25 heavy (non-hydrogen) atoms. The van der Waals surface area contributed by atoms with E-state index in [9.17, 15) is 9.18 Å². The van der Waals surface area contributed by atoms with Gasteiger partial charge in [-0.3, -0.25) is 0 Å². The minimum atomic E-state index is -0.394. The summed E-state index contributed by atoms with van der Waals surface area (Å²) in [5, 5.41) is 9.26. The molecule has 1 atom stereocenters. The maximum Gasteiger partial charge on any atom is 0.407 e. The third-order valence-corrected chi connectivity index (χ3v) is 3.97. The van der Waals surface area contributed by atoms with Crippen LogP contribution in [0.4, 0.5) is 9.18 Å². The van der Waals surface area contributed by atoms with E-state index in [4.69, 9.17) is 4.74 Å². The van der Waals surface area contributed by atoms with Crippen molar-refractivity contribution in [2.75, 3.05) is 19.7 Å². The van der Waals surface area contributed by atoms with Crippen molar-refractivity contribution in [1.82, 2.24) is 16.0 Å². The quantitative estimate of drug-likeness (QED) is 0.497. The summed E-state index contributed by atoms with van der Waals surface area (Å²) in [6.07, 6.45) is 1.80. The van der Waals surface area contributed by atoms with Crippen LogP contribution in [0.1, 0.15) is 32.3 Å². The third-order valence-electron chi connectivity index (χ3n) is 3.97. The van der Waals surface area contributed by atoms with Crippen molar-refractivity contribution in [2.45, 2.75) is 39.3 Å². The van der Waals surface area contributed by atoms with Crippen molar-refractivity contribution in [2.24, 2.45) is 10.9 Å². The molecule has 0 heterocycles. The number of nitrogens with zero attached hydrogens (tertiary/aromatic N) is 1. The van der Waals surface area contributed by atoms with Crippen LogP contribution in [0.25, 0.3) is 0 Å². The van der Waals surface area contributed by atoms with Gasteiger partial charge in [-0.1, -0.05) is 18.2 Å². The van der Waals surface area contributed by atoms with Crippen LogP contribution in [-0.2, 0) is 11.3 Å². The van der Waals surface area contributed by atoms with E-state index >= 15 is 0 Å². The summed E-state index contributed by atoms with van der Waals surface area (Å²) in [6.45, 7) is 5.60. The smallest absolute Gasteiger partial charge is 0.407 e. The molecule has 0 radical (unpaired) electrons. The van der Waals surface area contributed by atoms with Crippen LogP contribution < -0.4 is 16.0 Å². The highest BCUT2D eigenvalue weighted by molar-refractivity contribution is 5.79. The van der Waals surface area contributed by atoms with Gasteiger partial charge in [0.2, 0.25) is 0 Å². The number of alkyl carbamates (subject to hydrolysis) is 1. The lowest BCUT2D eigenvalue weighted by Crippen LogP contribution is -2.48. The normalized spacial score (nSPS) is 15.4. The third kappa shape index (κ3) is 6.60. The number of halogens is 1. The number of benzene rings is 1. The van der Waals surface area contributed by atoms with Crippen LogP contribution in [0, 0.1) is 11.7 Å². The summed E-state index contributed by atoms with van der Waals surface area (Å²) >= 11 is 0. The van der Waals surface area contributed by atoms with Gasteiger partial charge >= 0.3 is 6.09 Å². The van der Waals surface area contributed by atoms with E-state index in [1.807, 2.05) is 6.92 Å². The number of hydrogen-bond donors (Lipinski definition) is 3. The van der Waals surface area contributed by atoms with Crippen molar-refractivity contribution in [3.63, 3.8) is 0 Å². The minimum absolute atomic E-state index is 0.00336. The lowest BCUT2D eigenvalue weighted by atomic mass is 10.2. The number of nitrogens with one attached hydrogen (secondary N) is 3. The summed E-state index contributed by atoms with van der Waals surface area (Å²) in [7, 11) is 0. The Kier molecular flexibility index (Phi) is 7.50. The minimum Gasteiger partial charge on any atom is -0.450 e. The van der Waals surface area contributed by atoms with Crippen molar-refractivity contribution >= 4 is 12.1 Å². The first kappa shape index (κ1) is 19.0. The van der Waals surface area contributed by atoms with E-state index in [-0.39, 0.29) is 18.4 Å². The van der Waals surface area contributed by atoms with Crippen molar-refractivity contribution in [3.05, 3.63) is 35.6 Å². The average Bonchev–Trinajstić information content (AvgIpc) is 3.42. The molecular weight excluding hydrogens is 323 g/mol. The Morgan fingerprint density at radius 1 is 1.32 bits per heavy atom. The summed E-state index contributed by atoms with van der Waals surface area (Å²) < 4.78 is 18.7. The fourth-order valence-electron chi connectivity index (χ4n) is 2.50. The Balaban J connectivity index is 1.91. The van der Waals surface area contributed by atoms with E-state index in [1.165, 1.54) is 6.07 Å². The van der Waals surface area contributed by atoms with Gasteiger partial charge in [-0.2, -0.15) is 0 Å². The monoisotopic (exact) mass is 350 g/mol. The molecule has 0 bridgehead atoms. The van der Waals surface area contributed by atoms with Crippen LogP contribution in [0.3, 0.4) is 0 Å². The zero-order valence-electron chi connectivity index (χ0n) is 14.8. The van der Waals surface area contributed by atoms with Gasteiger partial charge in [-0.15, -0.1) is 0 Å². The molecule has 0 saturated heterocycles. The summed E-state index contributed by atoms with van der Waals surface area (Å²) in [6, 6.07) is 6.60. The summed E-state index contributed by atoms with van der Waals surface area (Å²) in [5.41, 5.74) is 0.545. The van der Waals surface area contributed by atoms with Crippen LogP contribution in [0.15, 0.2) is 29.3 Å². The second kappa shape index (κ2) is 9.86. The van der Waals surface area contributed by atoms with Gasteiger partial charge in [0, 0.05) is 18.7 Å². The number of rotatable bonds is 8. The molecule has 6 nitrogen and oxygen atoms in total. The highest BCUT2D eigenvalue weighted by atomic mass is 19.1. The Hall–Kier alpha value is -2.31. The molecule has 1 fully saturated rings. The largest absolute Gasteiger partial charge is 0.450 e. The van der Waals surface area contributed by atoms with E-state index in [2.05, 4.69) is 20.9 Å². The van der Waals surface area contributed by atoms with Gasteiger partial charge in [0.1, 0.15) is 5.82 Å². The van der Waals surface area contributed by atoms with E-state index in [0.717, 1.165) is 12.8 Å². The SMILES string of the molecule is CCNC(=NCc1ccccc1F)NCC(NC(=O)OCC)C1CC1. The molecule has 0 aliphatic heterocycles. The number of amides is 1. The molecule has 2 rings (SSSR count). The van der Waals surface area contributed by atoms with Crippen LogP contribution in [-0.4, -0.2) is 37.8 Å². The van der Waals surface area contributed by atoms with E-state index < -0.39 is 6.09 Å². The molecular formula is C18H27FN4O2. The van der Waals surface area contributed by atoms with Gasteiger partial charge < -0.3 is 20.7 Å². The van der Waals surface area contributed by atoms with Gasteiger partial charge in [0.25, 0.3) is 0 Å². The molecule has 0 aromatic heterocycles. The fraction of sp³-hybridized carbons (Fsp3) is 0.556. The number of carbonyl (C=O) groups excluding carboxylic acids is 1. The van der Waals surface area contributed by atoms with Crippen LogP contribution >= 0.6 is 0 Å². The molecule has 1 aromatic rings. The summed E-state index contributed by atoms with van der Waals surface area (Å²) in [4.78, 5) is 16.1. The van der Waals surface area contributed by atoms with E-state index in [1.54, 1.807) is 25.1 Å². The number of aliphatic imine (C=N–C) groups is 1. The molecule has 3 N–H and O–H groups in total. The summed E-state index contributed by atoms with van der Waals surface area (Å²) in [5.74, 6) is 0.801. The molecule has 1 aliphatic rings. The molecule has 0 spiro atoms. The highest BCUT2D eigenvalue weighted by Gasteiger charge is 2.32. The molecule has 1 unspecified atom stereocenters. The zero-order chi connectivity index (χ0) is 18.1. The standard InChI is InChI=1S/C18H27FN4O2/c1-3-20-17(21-11-14-7-5-6-8-15(14)19)22-12-16(13-9-10-13)23-18(24)25-4-2/h5-8,13,16H,3-4,9-12H2,1-2H3,(H,23,24)(H2,20,21,22). The predicted molar refractivity (Wildman–Crippen MR) is 95.9 cm³/mol. The maximum atomic E-state index is 13.7. The van der Waals surface area contributed by atoms with Gasteiger partial charge in [0.05, 0.1) is 19.2 Å². The Morgan fingerprint density at radius 3 is 2.72 bits per heavy atom. The molecule has 1 amide bonds. The van der Waals surface area contributed by atoms with Gasteiger partial charge in [0.15, 0.2) is 5.96 Å². The average molecular weight is 350 g/mol. The second-order valence-electron chi connectivity index (χ2n) is 5.98. The maximum absolute atomic E-state index is 13.7. The molecule has 1 aliphatic carbocycles. The fourth-order valence-corrected chi connectivity index (χ4v) is 2.50. The lowest BCUT2D eigenvalue weighted by molar-refractivity contribution is 0.146. The molecule has 1 aromatic carbocycles. The first-order valence-corrected chi connectivity index (χ1v) is 8.82. The Morgan fingerprint density at radius 2 is 2.08 bits per heavy atom. The Bertz CT molecular complexity index is 590. The van der Waals surface area contributed by atoms with Crippen LogP contribution in [0.2, 0.25) is 0 Å². The van der Waals surface area contributed by atoms with Crippen molar-refractivity contribution in [3.8, 4) is 0 Å². The number of guanidine groups is 1. The second-order valence-corrected chi connectivity index (χ2v) is 5.98. The van der Waals surface area contributed by atoms with Crippen molar-refractivity contribution < 1.29 is 13.9 Å². The predicted octanol–water partition coefficient (Wildman–Crippen LogP) is 2.41. The van der Waals surface area contributed by atoms with Crippen LogP contribution in [0.5, 0.6) is 0 Å². The first-order chi connectivity index (χ1) is 12.1. The van der Waals surface area contributed by atoms with Crippen molar-refractivity contribution in [1.29, 1.82) is 0 Å². The van der Waals surface area contributed by atoms with Gasteiger partial charge in [-0.05, 0) is 38.7 Å².